The van der Waals surface area contributed by atoms with E-state index in [1.54, 1.807) is 42.4 Å². The minimum absolute atomic E-state index is 0.00854. The van der Waals surface area contributed by atoms with E-state index in [1.807, 2.05) is 32.9 Å². The number of rotatable bonds is 6. The number of hydrogen-bond acceptors (Lipinski definition) is 6. The lowest BCUT2D eigenvalue weighted by Crippen LogP contribution is -2.42. The van der Waals surface area contributed by atoms with Crippen LogP contribution in [0.15, 0.2) is 59.7 Å². The van der Waals surface area contributed by atoms with Crippen LogP contribution in [0.1, 0.15) is 36.6 Å². The molecular weight excluding hydrogens is 557 g/mol. The summed E-state index contributed by atoms with van der Waals surface area (Å²) in [6.07, 6.45) is 1.97. The number of carbonyl (C=O) groups excluding carboxylic acids is 1. The van der Waals surface area contributed by atoms with E-state index in [1.165, 1.54) is 17.0 Å². The predicted octanol–water partition coefficient (Wildman–Crippen LogP) is 5.78. The minimum atomic E-state index is -3.12. The Balaban J connectivity index is 1.80. The SMILES string of the molecule is Cc1ccnc(C(C)C)c1N(C)c1nc(-c2cc(O)cc3ccccc23)c(F)cc1C(=NC=O)N1CCNCC(F)(F)C1. The van der Waals surface area contributed by atoms with Gasteiger partial charge in [0.15, 0.2) is 0 Å². The molecule has 0 saturated carbocycles. The van der Waals surface area contributed by atoms with Crippen molar-refractivity contribution < 1.29 is 23.1 Å². The highest BCUT2D eigenvalue weighted by molar-refractivity contribution is 6.07. The summed E-state index contributed by atoms with van der Waals surface area (Å²) in [5, 5.41) is 14.6. The molecule has 0 spiro atoms. The monoisotopic (exact) mass is 590 g/mol. The lowest BCUT2D eigenvalue weighted by Gasteiger charge is -2.31. The topological polar surface area (TPSA) is 94.0 Å². The molecule has 43 heavy (non-hydrogen) atoms. The maximum atomic E-state index is 16.2. The molecule has 4 aromatic rings. The maximum absolute atomic E-state index is 16.2. The van der Waals surface area contributed by atoms with Crippen molar-refractivity contribution in [3.63, 3.8) is 0 Å². The van der Waals surface area contributed by atoms with Crippen LogP contribution in [-0.4, -0.2) is 71.4 Å². The summed E-state index contributed by atoms with van der Waals surface area (Å²) in [6.45, 7) is 4.96. The number of nitrogens with zero attached hydrogens (tertiary/aromatic N) is 5. The van der Waals surface area contributed by atoms with Gasteiger partial charge in [-0.1, -0.05) is 38.1 Å². The van der Waals surface area contributed by atoms with Crippen LogP contribution in [0.3, 0.4) is 0 Å². The molecule has 224 valence electrons. The van der Waals surface area contributed by atoms with Gasteiger partial charge >= 0.3 is 0 Å². The summed E-state index contributed by atoms with van der Waals surface area (Å²) >= 11 is 0. The molecule has 1 aliphatic heterocycles. The number of amides is 1. The molecule has 11 heteroatoms. The van der Waals surface area contributed by atoms with E-state index < -0.39 is 24.8 Å². The summed E-state index contributed by atoms with van der Waals surface area (Å²) in [4.78, 5) is 28.2. The number of amidine groups is 1. The molecule has 1 aliphatic rings. The first-order valence-electron chi connectivity index (χ1n) is 14.0. The standard InChI is InChI=1S/C32H33F3N6O2/c1-19(2)27-29(20(3)9-10-37-27)40(4)31-25(30(38-18-42)41-12-11-36-16-32(34,35)17-41)15-26(33)28(39-31)24-14-22(43)13-21-7-5-6-8-23(21)24/h5-10,13-15,18-19,36,43H,11-12,16-17H2,1-4H3. The van der Waals surface area contributed by atoms with Crippen molar-refractivity contribution in [1.82, 2.24) is 20.2 Å². The number of aromatic hydroxyl groups is 1. The minimum Gasteiger partial charge on any atom is -0.508 e. The van der Waals surface area contributed by atoms with E-state index in [0.29, 0.717) is 22.0 Å². The molecule has 5 rings (SSSR count). The number of benzene rings is 2. The third kappa shape index (κ3) is 6.03. The number of phenols is 1. The molecule has 1 amide bonds. The quantitative estimate of drug-likeness (QED) is 0.167. The number of halogens is 3. The fourth-order valence-electron chi connectivity index (χ4n) is 5.57. The van der Waals surface area contributed by atoms with Crippen LogP contribution in [0.2, 0.25) is 0 Å². The number of aliphatic imine (C=N–C) groups is 1. The molecule has 2 N–H and O–H groups in total. The first-order chi connectivity index (χ1) is 20.5. The van der Waals surface area contributed by atoms with Crippen LogP contribution in [0, 0.1) is 12.7 Å². The van der Waals surface area contributed by atoms with Gasteiger partial charge in [0.2, 0.25) is 6.41 Å². The molecule has 1 saturated heterocycles. The average Bonchev–Trinajstić information content (AvgIpc) is 3.14. The van der Waals surface area contributed by atoms with Gasteiger partial charge in [-0.25, -0.2) is 18.2 Å². The molecule has 0 atom stereocenters. The van der Waals surface area contributed by atoms with Crippen LogP contribution in [-0.2, 0) is 4.79 Å². The number of hydrogen-bond donors (Lipinski definition) is 2. The summed E-state index contributed by atoms with van der Waals surface area (Å²) in [5.41, 5.74) is 2.68. The number of pyridine rings is 2. The number of aryl methyl sites for hydroxylation is 1. The average molecular weight is 591 g/mol. The van der Waals surface area contributed by atoms with Gasteiger partial charge in [0.1, 0.15) is 28.9 Å². The van der Waals surface area contributed by atoms with E-state index in [-0.39, 0.29) is 54.1 Å². The van der Waals surface area contributed by atoms with Gasteiger partial charge < -0.3 is 20.2 Å². The molecule has 0 bridgehead atoms. The zero-order valence-corrected chi connectivity index (χ0v) is 24.4. The second-order valence-corrected chi connectivity index (χ2v) is 11.0. The number of nitrogens with one attached hydrogen (secondary N) is 1. The van der Waals surface area contributed by atoms with Crippen LogP contribution < -0.4 is 10.2 Å². The van der Waals surface area contributed by atoms with Crippen LogP contribution in [0.25, 0.3) is 22.0 Å². The fourth-order valence-corrected chi connectivity index (χ4v) is 5.57. The van der Waals surface area contributed by atoms with Crippen molar-refractivity contribution in [2.45, 2.75) is 32.6 Å². The first-order valence-corrected chi connectivity index (χ1v) is 14.0. The van der Waals surface area contributed by atoms with Crippen molar-refractivity contribution in [3.8, 4) is 17.0 Å². The number of fused-ring (bicyclic) bond motifs is 1. The van der Waals surface area contributed by atoms with Crippen molar-refractivity contribution in [2.24, 2.45) is 4.99 Å². The Morgan fingerprint density at radius 3 is 2.72 bits per heavy atom. The van der Waals surface area contributed by atoms with E-state index in [2.05, 4.69) is 15.3 Å². The summed E-state index contributed by atoms with van der Waals surface area (Å²) in [6, 6.07) is 13.2. The van der Waals surface area contributed by atoms with E-state index >= 15 is 4.39 Å². The zero-order valence-electron chi connectivity index (χ0n) is 24.4. The highest BCUT2D eigenvalue weighted by atomic mass is 19.3. The van der Waals surface area contributed by atoms with Gasteiger partial charge in [-0.3, -0.25) is 9.78 Å². The van der Waals surface area contributed by atoms with Gasteiger partial charge in [0, 0.05) is 31.9 Å². The molecular formula is C32H33F3N6O2. The first kappa shape index (κ1) is 30.0. The number of phenolic OH excluding ortho intramolecular Hbond substituents is 1. The van der Waals surface area contributed by atoms with E-state index in [4.69, 9.17) is 4.98 Å². The molecule has 0 aliphatic carbocycles. The van der Waals surface area contributed by atoms with Crippen molar-refractivity contribution >= 4 is 34.5 Å². The highest BCUT2D eigenvalue weighted by Crippen LogP contribution is 2.39. The Kier molecular flexibility index (Phi) is 8.36. The van der Waals surface area contributed by atoms with Gasteiger partial charge in [0.25, 0.3) is 5.92 Å². The van der Waals surface area contributed by atoms with Crippen molar-refractivity contribution in [3.05, 3.63) is 77.4 Å². The van der Waals surface area contributed by atoms with Crippen LogP contribution >= 0.6 is 0 Å². The van der Waals surface area contributed by atoms with Gasteiger partial charge in [0.05, 0.1) is 30.0 Å². The summed E-state index contributed by atoms with van der Waals surface area (Å²) < 4.78 is 45.7. The smallest absolute Gasteiger partial charge is 0.277 e. The molecule has 0 unspecified atom stereocenters. The summed E-state index contributed by atoms with van der Waals surface area (Å²) in [7, 11) is 1.74. The Bertz CT molecular complexity index is 1710. The predicted molar refractivity (Wildman–Crippen MR) is 162 cm³/mol. The molecule has 0 radical (unpaired) electrons. The highest BCUT2D eigenvalue weighted by Gasteiger charge is 2.36. The maximum Gasteiger partial charge on any atom is 0.277 e. The molecule has 1 fully saturated rings. The van der Waals surface area contributed by atoms with Crippen LogP contribution in [0.5, 0.6) is 5.75 Å². The number of alkyl halides is 2. The third-order valence-electron chi connectivity index (χ3n) is 7.49. The fraction of sp³-hybridized carbons (Fsp3) is 0.312. The van der Waals surface area contributed by atoms with E-state index in [0.717, 1.165) is 11.3 Å². The van der Waals surface area contributed by atoms with Crippen molar-refractivity contribution in [2.75, 3.05) is 38.1 Å². The van der Waals surface area contributed by atoms with Gasteiger partial charge in [-0.05, 0) is 53.4 Å². The second kappa shape index (κ2) is 12.0. The lowest BCUT2D eigenvalue weighted by molar-refractivity contribution is -0.106. The Hall–Kier alpha value is -4.51. The lowest BCUT2D eigenvalue weighted by atomic mass is 9.99. The molecule has 2 aromatic heterocycles. The summed E-state index contributed by atoms with van der Waals surface area (Å²) in [5.74, 6) is -3.89. The third-order valence-corrected chi connectivity index (χ3v) is 7.49. The Morgan fingerprint density at radius 2 is 1.98 bits per heavy atom. The Labute approximate surface area is 247 Å². The normalized spacial score (nSPS) is 15.5. The molecule has 3 heterocycles. The zero-order chi connectivity index (χ0) is 30.9. The number of aromatic nitrogens is 2. The Morgan fingerprint density at radius 1 is 1.21 bits per heavy atom. The largest absolute Gasteiger partial charge is 0.508 e. The number of carbonyl (C=O) groups is 1. The van der Waals surface area contributed by atoms with Gasteiger partial charge in [-0.15, -0.1) is 0 Å². The van der Waals surface area contributed by atoms with Crippen LogP contribution in [0.4, 0.5) is 24.7 Å². The van der Waals surface area contributed by atoms with E-state index in [9.17, 15) is 18.7 Å². The second-order valence-electron chi connectivity index (χ2n) is 11.0. The number of anilines is 2. The van der Waals surface area contributed by atoms with Gasteiger partial charge in [-0.2, -0.15) is 4.99 Å². The molecule has 2 aromatic carbocycles. The van der Waals surface area contributed by atoms with Crippen molar-refractivity contribution in [1.29, 1.82) is 0 Å². The molecule has 8 nitrogen and oxygen atoms in total.